The number of nitrogens with one attached hydrogen (secondary N) is 1. The minimum absolute atomic E-state index is 0.00755. The lowest BCUT2D eigenvalue weighted by Gasteiger charge is -2.21. The zero-order valence-electron chi connectivity index (χ0n) is 13.9. The van der Waals surface area contributed by atoms with Crippen molar-refractivity contribution in [1.29, 1.82) is 0 Å². The van der Waals surface area contributed by atoms with Crippen molar-refractivity contribution in [3.63, 3.8) is 0 Å². The molecule has 0 fully saturated rings. The van der Waals surface area contributed by atoms with Crippen molar-refractivity contribution in [2.45, 2.75) is 40.0 Å². The van der Waals surface area contributed by atoms with Gasteiger partial charge < -0.3 is 14.8 Å². The maximum atomic E-state index is 12.3. The fourth-order valence-electron chi connectivity index (χ4n) is 2.11. The number of likely N-dealkylation sites (N-methyl/N-ethyl adjacent to an activating group) is 1. The highest BCUT2D eigenvalue weighted by Gasteiger charge is 2.14. The van der Waals surface area contributed by atoms with Crippen LogP contribution in [0, 0.1) is 0 Å². The fourth-order valence-corrected chi connectivity index (χ4v) is 2.11. The molecule has 1 aromatic rings. The summed E-state index contributed by atoms with van der Waals surface area (Å²) in [7, 11) is 1.39. The Labute approximate surface area is 135 Å². The molecule has 1 amide bonds. The molecule has 0 unspecified atom stereocenters. The Morgan fingerprint density at radius 3 is 2.52 bits per heavy atom. The molecule has 1 aromatic carbocycles. The van der Waals surface area contributed by atoms with Crippen LogP contribution in [-0.2, 0) is 11.3 Å². The van der Waals surface area contributed by atoms with E-state index in [0.29, 0.717) is 13.1 Å². The van der Waals surface area contributed by atoms with Gasteiger partial charge in [-0.15, -0.1) is 0 Å². The van der Waals surface area contributed by atoms with E-state index in [4.69, 9.17) is 4.74 Å². The van der Waals surface area contributed by atoms with Crippen LogP contribution in [0.2, 0.25) is 0 Å². The Kier molecular flexibility index (Phi) is 7.74. The van der Waals surface area contributed by atoms with Crippen LogP contribution < -0.4 is 14.8 Å². The first-order valence-electron chi connectivity index (χ1n) is 7.49. The van der Waals surface area contributed by atoms with Crippen molar-refractivity contribution in [1.82, 2.24) is 10.2 Å². The number of alkyl halides is 2. The molecular weight excluding hydrogens is 306 g/mol. The Bertz CT molecular complexity index is 510. The summed E-state index contributed by atoms with van der Waals surface area (Å²) in [5.41, 5.74) is 0.850. The lowest BCUT2D eigenvalue weighted by Crippen LogP contribution is -2.39. The van der Waals surface area contributed by atoms with E-state index in [1.807, 2.05) is 25.7 Å². The van der Waals surface area contributed by atoms with Crippen molar-refractivity contribution < 1.29 is 23.0 Å². The van der Waals surface area contributed by atoms with E-state index >= 15 is 0 Å². The molecule has 5 nitrogen and oxygen atoms in total. The van der Waals surface area contributed by atoms with Gasteiger partial charge in [0.1, 0.15) is 0 Å². The second-order valence-corrected chi connectivity index (χ2v) is 5.39. The number of amides is 1. The first kappa shape index (κ1) is 19.2. The number of halogens is 2. The molecule has 0 aliphatic heterocycles. The Balaban J connectivity index is 2.75. The monoisotopic (exact) mass is 330 g/mol. The smallest absolute Gasteiger partial charge is 0.387 e. The summed E-state index contributed by atoms with van der Waals surface area (Å²) in [6.07, 6.45) is 0. The number of hydrogen-bond donors (Lipinski definition) is 1. The summed E-state index contributed by atoms with van der Waals surface area (Å²) in [5.74, 6) is 0.184. The SMILES string of the molecule is CCN(CC(=O)NC(C)C)Cc1ccc(OC(F)F)c(OC)c1. The number of carbonyl (C=O) groups excluding carboxylic acids is 1. The third-order valence-corrected chi connectivity index (χ3v) is 3.11. The standard InChI is InChI=1S/C16H24F2N2O3/c1-5-20(10-15(21)19-11(2)3)9-12-6-7-13(23-16(17)18)14(8-12)22-4/h6-8,11,16H,5,9-10H2,1-4H3,(H,19,21). The lowest BCUT2D eigenvalue weighted by molar-refractivity contribution is -0.122. The number of nitrogens with zero attached hydrogens (tertiary/aromatic N) is 1. The van der Waals surface area contributed by atoms with Crippen LogP contribution in [0.15, 0.2) is 18.2 Å². The van der Waals surface area contributed by atoms with Crippen molar-refractivity contribution >= 4 is 5.91 Å². The van der Waals surface area contributed by atoms with Crippen LogP contribution in [0.25, 0.3) is 0 Å². The highest BCUT2D eigenvalue weighted by molar-refractivity contribution is 5.78. The second-order valence-electron chi connectivity index (χ2n) is 5.39. The van der Waals surface area contributed by atoms with E-state index in [1.54, 1.807) is 12.1 Å². The van der Waals surface area contributed by atoms with Gasteiger partial charge in [0.2, 0.25) is 5.91 Å². The minimum Gasteiger partial charge on any atom is -0.493 e. The van der Waals surface area contributed by atoms with Gasteiger partial charge in [-0.2, -0.15) is 8.78 Å². The van der Waals surface area contributed by atoms with Gasteiger partial charge in [0.05, 0.1) is 13.7 Å². The first-order chi connectivity index (χ1) is 10.8. The van der Waals surface area contributed by atoms with E-state index in [2.05, 4.69) is 10.1 Å². The predicted octanol–water partition coefficient (Wildman–Crippen LogP) is 2.64. The van der Waals surface area contributed by atoms with E-state index < -0.39 is 6.61 Å². The lowest BCUT2D eigenvalue weighted by atomic mass is 10.2. The van der Waals surface area contributed by atoms with Crippen molar-refractivity contribution in [3.05, 3.63) is 23.8 Å². The molecule has 7 heteroatoms. The summed E-state index contributed by atoms with van der Waals surface area (Å²) in [4.78, 5) is 13.8. The molecular formula is C16H24F2N2O3. The third kappa shape index (κ3) is 6.81. The van der Waals surface area contributed by atoms with Crippen LogP contribution in [0.5, 0.6) is 11.5 Å². The number of benzene rings is 1. The highest BCUT2D eigenvalue weighted by atomic mass is 19.3. The van der Waals surface area contributed by atoms with Crippen molar-refractivity contribution in [3.8, 4) is 11.5 Å². The topological polar surface area (TPSA) is 50.8 Å². The van der Waals surface area contributed by atoms with Gasteiger partial charge >= 0.3 is 6.61 Å². The molecule has 0 saturated carbocycles. The molecule has 0 heterocycles. The van der Waals surface area contributed by atoms with Gasteiger partial charge in [-0.05, 0) is 38.1 Å². The molecule has 0 aliphatic rings. The summed E-state index contributed by atoms with van der Waals surface area (Å²) >= 11 is 0. The largest absolute Gasteiger partial charge is 0.493 e. The van der Waals surface area contributed by atoms with Gasteiger partial charge in [0.15, 0.2) is 11.5 Å². The molecule has 1 rings (SSSR count). The van der Waals surface area contributed by atoms with E-state index in [-0.39, 0.29) is 30.0 Å². The molecule has 1 N–H and O–H groups in total. The van der Waals surface area contributed by atoms with Gasteiger partial charge in [0.25, 0.3) is 0 Å². The quantitative estimate of drug-likeness (QED) is 0.756. The van der Waals surface area contributed by atoms with Crippen molar-refractivity contribution in [2.24, 2.45) is 0 Å². The molecule has 130 valence electrons. The normalized spacial score (nSPS) is 11.2. The van der Waals surface area contributed by atoms with Crippen LogP contribution in [0.4, 0.5) is 8.78 Å². The van der Waals surface area contributed by atoms with Gasteiger partial charge in [0, 0.05) is 12.6 Å². The minimum atomic E-state index is -2.90. The number of methoxy groups -OCH3 is 1. The summed E-state index contributed by atoms with van der Waals surface area (Å²) in [6, 6.07) is 4.86. The Morgan fingerprint density at radius 2 is 2.00 bits per heavy atom. The van der Waals surface area contributed by atoms with E-state index in [1.165, 1.54) is 13.2 Å². The molecule has 0 saturated heterocycles. The molecule has 23 heavy (non-hydrogen) atoms. The maximum absolute atomic E-state index is 12.3. The van der Waals surface area contributed by atoms with E-state index in [0.717, 1.165) is 5.56 Å². The van der Waals surface area contributed by atoms with Gasteiger partial charge in [-0.1, -0.05) is 13.0 Å². The summed E-state index contributed by atoms with van der Waals surface area (Å²) in [5, 5.41) is 2.84. The molecule has 0 atom stereocenters. The molecule has 0 aromatic heterocycles. The predicted molar refractivity (Wildman–Crippen MR) is 83.9 cm³/mol. The molecule has 0 aliphatic carbocycles. The Morgan fingerprint density at radius 1 is 1.30 bits per heavy atom. The average molecular weight is 330 g/mol. The summed E-state index contributed by atoms with van der Waals surface area (Å²) in [6.45, 7) is 4.32. The number of carbonyl (C=O) groups is 1. The van der Waals surface area contributed by atoms with Crippen LogP contribution in [0.1, 0.15) is 26.3 Å². The van der Waals surface area contributed by atoms with Crippen LogP contribution in [0.3, 0.4) is 0 Å². The fraction of sp³-hybridized carbons (Fsp3) is 0.562. The molecule has 0 radical (unpaired) electrons. The van der Waals surface area contributed by atoms with E-state index in [9.17, 15) is 13.6 Å². The second kappa shape index (κ2) is 9.29. The van der Waals surface area contributed by atoms with Gasteiger partial charge in [-0.3, -0.25) is 9.69 Å². The average Bonchev–Trinajstić information content (AvgIpc) is 2.46. The highest BCUT2D eigenvalue weighted by Crippen LogP contribution is 2.29. The molecule has 0 bridgehead atoms. The van der Waals surface area contributed by atoms with Crippen LogP contribution in [-0.4, -0.2) is 43.7 Å². The number of ether oxygens (including phenoxy) is 2. The number of hydrogen-bond acceptors (Lipinski definition) is 4. The van der Waals surface area contributed by atoms with Crippen LogP contribution >= 0.6 is 0 Å². The zero-order chi connectivity index (χ0) is 17.4. The Hall–Kier alpha value is -1.89. The summed E-state index contributed by atoms with van der Waals surface area (Å²) < 4.78 is 34.1. The van der Waals surface area contributed by atoms with Crippen molar-refractivity contribution in [2.75, 3.05) is 20.2 Å². The third-order valence-electron chi connectivity index (χ3n) is 3.11. The number of rotatable bonds is 9. The maximum Gasteiger partial charge on any atom is 0.387 e. The molecule has 0 spiro atoms. The first-order valence-corrected chi connectivity index (χ1v) is 7.49. The zero-order valence-corrected chi connectivity index (χ0v) is 13.9. The van der Waals surface area contributed by atoms with Gasteiger partial charge in [-0.25, -0.2) is 0 Å².